The van der Waals surface area contributed by atoms with Crippen molar-refractivity contribution in [2.75, 3.05) is 5.75 Å². The summed E-state index contributed by atoms with van der Waals surface area (Å²) in [7, 11) is 0. The number of nitrogens with zero attached hydrogens (tertiary/aromatic N) is 2. The molecule has 60 valence electrons. The van der Waals surface area contributed by atoms with Crippen LogP contribution in [0.2, 0.25) is 0 Å². The predicted molar refractivity (Wildman–Crippen MR) is 46.6 cm³/mol. The Kier molecular flexibility index (Phi) is 2.97. The molecule has 0 unspecified atom stereocenters. The Morgan fingerprint density at radius 3 is 3.09 bits per heavy atom. The SMILES string of the molecule is N=C(N)SCCn1ccnc1. The van der Waals surface area contributed by atoms with Crippen molar-refractivity contribution in [3.63, 3.8) is 0 Å². The third-order valence-corrected chi connectivity index (χ3v) is 1.86. The highest BCUT2D eigenvalue weighted by Crippen LogP contribution is 1.98. The first-order chi connectivity index (χ1) is 5.29. The summed E-state index contributed by atoms with van der Waals surface area (Å²) in [6.07, 6.45) is 5.37. The first-order valence-electron chi connectivity index (χ1n) is 3.21. The Labute approximate surface area is 69.3 Å². The van der Waals surface area contributed by atoms with E-state index in [-0.39, 0.29) is 5.17 Å². The second-order valence-corrected chi connectivity index (χ2v) is 3.15. The van der Waals surface area contributed by atoms with Crippen molar-refractivity contribution < 1.29 is 0 Å². The quantitative estimate of drug-likeness (QED) is 0.513. The van der Waals surface area contributed by atoms with E-state index in [1.54, 1.807) is 12.5 Å². The van der Waals surface area contributed by atoms with Crippen LogP contribution < -0.4 is 5.73 Å². The van der Waals surface area contributed by atoms with Gasteiger partial charge in [0.2, 0.25) is 0 Å². The molecule has 1 aromatic heterocycles. The predicted octanol–water partition coefficient (Wildman–Crippen LogP) is 0.510. The Morgan fingerprint density at radius 2 is 2.55 bits per heavy atom. The van der Waals surface area contributed by atoms with Gasteiger partial charge in [0, 0.05) is 24.7 Å². The van der Waals surface area contributed by atoms with Crippen LogP contribution in [0.1, 0.15) is 0 Å². The number of hydrogen-bond acceptors (Lipinski definition) is 3. The van der Waals surface area contributed by atoms with E-state index >= 15 is 0 Å². The molecule has 0 amide bonds. The van der Waals surface area contributed by atoms with Crippen LogP contribution >= 0.6 is 11.8 Å². The van der Waals surface area contributed by atoms with Crippen LogP contribution in [-0.4, -0.2) is 20.5 Å². The molecule has 0 aromatic carbocycles. The smallest absolute Gasteiger partial charge is 0.151 e. The van der Waals surface area contributed by atoms with Crippen LogP contribution in [0.4, 0.5) is 0 Å². The fourth-order valence-corrected chi connectivity index (χ4v) is 1.20. The van der Waals surface area contributed by atoms with E-state index in [1.165, 1.54) is 11.8 Å². The average molecular weight is 170 g/mol. The standard InChI is InChI=1S/C6H10N4S/c7-6(8)11-4-3-10-2-1-9-5-10/h1-2,5H,3-4H2,(H3,7,8). The lowest BCUT2D eigenvalue weighted by Gasteiger charge is -1.99. The van der Waals surface area contributed by atoms with Gasteiger partial charge in [-0.05, 0) is 0 Å². The van der Waals surface area contributed by atoms with Crippen LogP contribution in [0, 0.1) is 5.41 Å². The van der Waals surface area contributed by atoms with Crippen molar-refractivity contribution in [3.05, 3.63) is 18.7 Å². The summed E-state index contributed by atoms with van der Waals surface area (Å²) < 4.78 is 1.95. The second-order valence-electron chi connectivity index (χ2n) is 2.01. The third-order valence-electron chi connectivity index (χ3n) is 1.17. The summed E-state index contributed by atoms with van der Waals surface area (Å²) in [4.78, 5) is 3.89. The van der Waals surface area contributed by atoms with Gasteiger partial charge in [-0.3, -0.25) is 5.41 Å². The molecule has 1 rings (SSSR count). The molecule has 4 nitrogen and oxygen atoms in total. The fraction of sp³-hybridized carbons (Fsp3) is 0.333. The molecule has 0 spiro atoms. The van der Waals surface area contributed by atoms with Gasteiger partial charge in [-0.25, -0.2) is 4.98 Å². The Bertz CT molecular complexity index is 218. The lowest BCUT2D eigenvalue weighted by atomic mass is 10.7. The van der Waals surface area contributed by atoms with Gasteiger partial charge >= 0.3 is 0 Å². The van der Waals surface area contributed by atoms with Gasteiger partial charge in [-0.1, -0.05) is 11.8 Å². The maximum Gasteiger partial charge on any atom is 0.151 e. The van der Waals surface area contributed by atoms with E-state index in [0.717, 1.165) is 12.3 Å². The first kappa shape index (κ1) is 8.13. The zero-order valence-electron chi connectivity index (χ0n) is 6.03. The molecular weight excluding hydrogens is 160 g/mol. The number of thioether (sulfide) groups is 1. The normalized spacial score (nSPS) is 9.82. The van der Waals surface area contributed by atoms with Gasteiger partial charge in [0.05, 0.1) is 6.33 Å². The summed E-state index contributed by atoms with van der Waals surface area (Å²) in [6, 6.07) is 0. The molecular formula is C6H10N4S. The fourth-order valence-electron chi connectivity index (χ4n) is 0.680. The number of hydrogen-bond donors (Lipinski definition) is 2. The molecule has 1 aromatic rings. The lowest BCUT2D eigenvalue weighted by Crippen LogP contribution is -2.07. The molecule has 1 heterocycles. The first-order valence-corrected chi connectivity index (χ1v) is 4.20. The van der Waals surface area contributed by atoms with Gasteiger partial charge in [-0.2, -0.15) is 0 Å². The number of rotatable bonds is 3. The Hall–Kier alpha value is -0.970. The maximum atomic E-state index is 6.94. The molecule has 0 aliphatic heterocycles. The van der Waals surface area contributed by atoms with E-state index in [4.69, 9.17) is 11.1 Å². The molecule has 0 atom stereocenters. The van der Waals surface area contributed by atoms with Gasteiger partial charge in [0.15, 0.2) is 5.17 Å². The Morgan fingerprint density at radius 1 is 1.73 bits per heavy atom. The molecule has 0 aliphatic rings. The van der Waals surface area contributed by atoms with Crippen molar-refractivity contribution in [3.8, 4) is 0 Å². The molecule has 0 saturated carbocycles. The number of aromatic nitrogens is 2. The van der Waals surface area contributed by atoms with E-state index < -0.39 is 0 Å². The Balaban J connectivity index is 2.19. The van der Waals surface area contributed by atoms with Crippen LogP contribution in [0.3, 0.4) is 0 Å². The monoisotopic (exact) mass is 170 g/mol. The van der Waals surface area contributed by atoms with Crippen molar-refractivity contribution in [1.29, 1.82) is 5.41 Å². The molecule has 0 bridgehead atoms. The number of amidine groups is 1. The molecule has 5 heteroatoms. The number of aryl methyl sites for hydroxylation is 1. The molecule has 0 radical (unpaired) electrons. The van der Waals surface area contributed by atoms with Gasteiger partial charge < -0.3 is 10.3 Å². The summed E-state index contributed by atoms with van der Waals surface area (Å²) >= 11 is 1.34. The molecule has 0 fully saturated rings. The van der Waals surface area contributed by atoms with Gasteiger partial charge in [-0.15, -0.1) is 0 Å². The highest BCUT2D eigenvalue weighted by atomic mass is 32.2. The van der Waals surface area contributed by atoms with Crippen LogP contribution in [0.25, 0.3) is 0 Å². The van der Waals surface area contributed by atoms with Crippen molar-refractivity contribution in [1.82, 2.24) is 9.55 Å². The van der Waals surface area contributed by atoms with Crippen LogP contribution in [0.5, 0.6) is 0 Å². The minimum atomic E-state index is 0.171. The zero-order chi connectivity index (χ0) is 8.10. The van der Waals surface area contributed by atoms with Gasteiger partial charge in [0.25, 0.3) is 0 Å². The van der Waals surface area contributed by atoms with Crippen LogP contribution in [-0.2, 0) is 6.54 Å². The number of imidazole rings is 1. The van der Waals surface area contributed by atoms with E-state index in [0.29, 0.717) is 0 Å². The highest BCUT2D eigenvalue weighted by molar-refractivity contribution is 8.13. The van der Waals surface area contributed by atoms with Crippen molar-refractivity contribution in [2.45, 2.75) is 6.54 Å². The molecule has 3 N–H and O–H groups in total. The molecule has 11 heavy (non-hydrogen) atoms. The lowest BCUT2D eigenvalue weighted by molar-refractivity contribution is 0.771. The number of nitrogens with one attached hydrogen (secondary N) is 1. The van der Waals surface area contributed by atoms with E-state index in [1.807, 2.05) is 10.8 Å². The third kappa shape index (κ3) is 3.08. The van der Waals surface area contributed by atoms with Crippen LogP contribution in [0.15, 0.2) is 18.7 Å². The summed E-state index contributed by atoms with van der Waals surface area (Å²) in [5, 5.41) is 7.11. The van der Waals surface area contributed by atoms with Crippen molar-refractivity contribution >= 4 is 16.9 Å². The summed E-state index contributed by atoms with van der Waals surface area (Å²) in [5.74, 6) is 0.825. The van der Waals surface area contributed by atoms with E-state index in [9.17, 15) is 0 Å². The molecule has 0 aliphatic carbocycles. The second kappa shape index (κ2) is 4.02. The zero-order valence-corrected chi connectivity index (χ0v) is 6.84. The van der Waals surface area contributed by atoms with Gasteiger partial charge in [0.1, 0.15) is 0 Å². The van der Waals surface area contributed by atoms with Crippen molar-refractivity contribution in [2.24, 2.45) is 5.73 Å². The summed E-state index contributed by atoms with van der Waals surface area (Å²) in [6.45, 7) is 0.851. The topological polar surface area (TPSA) is 67.7 Å². The minimum Gasteiger partial charge on any atom is -0.379 e. The number of nitrogens with two attached hydrogens (primary N) is 1. The highest BCUT2D eigenvalue weighted by Gasteiger charge is 1.91. The average Bonchev–Trinajstić information content (AvgIpc) is 2.39. The van der Waals surface area contributed by atoms with E-state index in [2.05, 4.69) is 4.98 Å². The maximum absolute atomic E-state index is 6.94. The molecule has 0 saturated heterocycles. The summed E-state index contributed by atoms with van der Waals surface area (Å²) in [5.41, 5.74) is 5.15. The largest absolute Gasteiger partial charge is 0.379 e. The minimum absolute atomic E-state index is 0.171.